The zero-order valence-electron chi connectivity index (χ0n) is 17.2. The van der Waals surface area contributed by atoms with E-state index in [1.54, 1.807) is 19.1 Å². The van der Waals surface area contributed by atoms with Gasteiger partial charge in [-0.2, -0.15) is 4.37 Å². The Morgan fingerprint density at radius 3 is 2.50 bits per heavy atom. The van der Waals surface area contributed by atoms with Gasteiger partial charge in [-0.05, 0) is 55.7 Å². The smallest absolute Gasteiger partial charge is 0.203 e. The van der Waals surface area contributed by atoms with Crippen molar-refractivity contribution in [1.29, 1.82) is 0 Å². The molecule has 9 heteroatoms. The van der Waals surface area contributed by atoms with Crippen molar-refractivity contribution in [2.75, 3.05) is 12.4 Å². The summed E-state index contributed by atoms with van der Waals surface area (Å²) in [7, 11) is -2.15. The number of methoxy groups -OCH3 is 1. The fourth-order valence-electron chi connectivity index (χ4n) is 3.03. The van der Waals surface area contributed by atoms with E-state index in [1.807, 2.05) is 31.2 Å². The van der Waals surface area contributed by atoms with Gasteiger partial charge in [0.15, 0.2) is 9.84 Å². The van der Waals surface area contributed by atoms with Crippen LogP contribution in [0.15, 0.2) is 53.4 Å². The predicted octanol–water partition coefficient (Wildman–Crippen LogP) is 3.40. The van der Waals surface area contributed by atoms with Crippen LogP contribution in [0.3, 0.4) is 0 Å². The standard InChI is InChI=1S/C21H26N4O3S2/c1-14-6-4-5-7-16(14)13-19-23-21(29-25-19)24-20(12-15(2)22)30(26,27)18-10-8-17(28-3)9-11-18/h4-11,15,20H,12-13,22H2,1-3H3,(H,23,24,25). The Morgan fingerprint density at radius 1 is 1.17 bits per heavy atom. The average molecular weight is 447 g/mol. The highest BCUT2D eigenvalue weighted by Gasteiger charge is 2.29. The molecule has 2 aromatic carbocycles. The first-order valence-corrected chi connectivity index (χ1v) is 11.9. The number of nitrogens with two attached hydrogens (primary N) is 1. The number of aromatic nitrogens is 2. The molecule has 3 N–H and O–H groups in total. The topological polar surface area (TPSA) is 107 Å². The van der Waals surface area contributed by atoms with Crippen LogP contribution in [-0.2, 0) is 16.3 Å². The molecule has 30 heavy (non-hydrogen) atoms. The number of nitrogens with zero attached hydrogens (tertiary/aromatic N) is 2. The third kappa shape index (κ3) is 5.35. The monoisotopic (exact) mass is 446 g/mol. The molecule has 0 bridgehead atoms. The number of nitrogens with one attached hydrogen (secondary N) is 1. The Kier molecular flexibility index (Phi) is 7.06. The Bertz CT molecular complexity index is 1080. The number of hydrogen-bond donors (Lipinski definition) is 2. The van der Waals surface area contributed by atoms with Gasteiger partial charge in [0.2, 0.25) is 5.13 Å². The zero-order valence-corrected chi connectivity index (χ0v) is 18.8. The van der Waals surface area contributed by atoms with Gasteiger partial charge in [0.25, 0.3) is 0 Å². The van der Waals surface area contributed by atoms with Gasteiger partial charge in [0.05, 0.1) is 12.0 Å². The summed E-state index contributed by atoms with van der Waals surface area (Å²) in [6, 6.07) is 14.1. The van der Waals surface area contributed by atoms with E-state index >= 15 is 0 Å². The van der Waals surface area contributed by atoms with E-state index in [1.165, 1.54) is 24.8 Å². The van der Waals surface area contributed by atoms with Gasteiger partial charge >= 0.3 is 0 Å². The van der Waals surface area contributed by atoms with Crippen LogP contribution in [0.4, 0.5) is 5.13 Å². The van der Waals surface area contributed by atoms with Crippen LogP contribution in [0, 0.1) is 6.92 Å². The first kappa shape index (κ1) is 22.2. The summed E-state index contributed by atoms with van der Waals surface area (Å²) in [4.78, 5) is 4.70. The molecule has 2 unspecified atom stereocenters. The lowest BCUT2D eigenvalue weighted by molar-refractivity contribution is 0.414. The second-order valence-electron chi connectivity index (χ2n) is 7.19. The fourth-order valence-corrected chi connectivity index (χ4v) is 5.41. The average Bonchev–Trinajstić information content (AvgIpc) is 3.16. The molecule has 1 heterocycles. The van der Waals surface area contributed by atoms with Crippen LogP contribution >= 0.6 is 11.5 Å². The highest BCUT2D eigenvalue weighted by atomic mass is 32.2. The third-order valence-corrected chi connectivity index (χ3v) is 7.38. The van der Waals surface area contributed by atoms with Crippen molar-refractivity contribution >= 4 is 26.5 Å². The molecule has 0 aliphatic heterocycles. The van der Waals surface area contributed by atoms with Crippen molar-refractivity contribution in [3.8, 4) is 5.75 Å². The fraction of sp³-hybridized carbons (Fsp3) is 0.333. The van der Waals surface area contributed by atoms with Gasteiger partial charge in [-0.1, -0.05) is 24.3 Å². The van der Waals surface area contributed by atoms with E-state index in [9.17, 15) is 8.42 Å². The lowest BCUT2D eigenvalue weighted by Gasteiger charge is -2.20. The number of sulfone groups is 1. The van der Waals surface area contributed by atoms with Crippen LogP contribution in [0.25, 0.3) is 0 Å². The maximum Gasteiger partial charge on any atom is 0.203 e. The highest BCUT2D eigenvalue weighted by Crippen LogP contribution is 2.25. The molecule has 160 valence electrons. The SMILES string of the molecule is COc1ccc(S(=O)(=O)C(CC(C)N)Nc2nc(Cc3ccccc3C)ns2)cc1. The molecule has 0 radical (unpaired) electrons. The quantitative estimate of drug-likeness (QED) is 0.519. The minimum atomic E-state index is -3.68. The summed E-state index contributed by atoms with van der Waals surface area (Å²) in [5.74, 6) is 1.24. The molecule has 1 aromatic heterocycles. The van der Waals surface area contributed by atoms with E-state index in [-0.39, 0.29) is 17.4 Å². The molecule has 0 saturated heterocycles. The Labute approximate surface area is 181 Å². The molecule has 2 atom stereocenters. The van der Waals surface area contributed by atoms with Crippen molar-refractivity contribution in [1.82, 2.24) is 9.36 Å². The number of ether oxygens (including phenoxy) is 1. The zero-order chi connectivity index (χ0) is 21.7. The maximum atomic E-state index is 13.2. The van der Waals surface area contributed by atoms with Crippen molar-refractivity contribution in [3.05, 3.63) is 65.5 Å². The second-order valence-corrected chi connectivity index (χ2v) is 10.1. The van der Waals surface area contributed by atoms with E-state index in [0.29, 0.717) is 23.1 Å². The van der Waals surface area contributed by atoms with Gasteiger partial charge in [0, 0.05) is 24.0 Å². The number of aryl methyl sites for hydroxylation is 1. The first-order chi connectivity index (χ1) is 14.3. The molecule has 3 rings (SSSR count). The Hall–Kier alpha value is -2.49. The van der Waals surface area contributed by atoms with Gasteiger partial charge in [-0.15, -0.1) is 0 Å². The van der Waals surface area contributed by atoms with Crippen LogP contribution < -0.4 is 15.8 Å². The number of hydrogen-bond acceptors (Lipinski definition) is 8. The lowest BCUT2D eigenvalue weighted by atomic mass is 10.1. The highest BCUT2D eigenvalue weighted by molar-refractivity contribution is 7.92. The van der Waals surface area contributed by atoms with Crippen molar-refractivity contribution in [2.24, 2.45) is 5.73 Å². The molecule has 7 nitrogen and oxygen atoms in total. The molecule has 0 spiro atoms. The van der Waals surface area contributed by atoms with E-state index in [0.717, 1.165) is 17.1 Å². The summed E-state index contributed by atoms with van der Waals surface area (Å²) in [6.45, 7) is 3.82. The molecule has 3 aromatic rings. The van der Waals surface area contributed by atoms with E-state index in [4.69, 9.17) is 10.5 Å². The van der Waals surface area contributed by atoms with Gasteiger partial charge < -0.3 is 15.8 Å². The first-order valence-electron chi connectivity index (χ1n) is 9.56. The summed E-state index contributed by atoms with van der Waals surface area (Å²) < 4.78 is 35.9. The van der Waals surface area contributed by atoms with Crippen molar-refractivity contribution < 1.29 is 13.2 Å². The molecule has 0 aliphatic rings. The van der Waals surface area contributed by atoms with Gasteiger partial charge in [-0.3, -0.25) is 0 Å². The number of benzene rings is 2. The molecule has 0 fully saturated rings. The number of anilines is 1. The van der Waals surface area contributed by atoms with Crippen molar-refractivity contribution in [3.63, 3.8) is 0 Å². The summed E-state index contributed by atoms with van der Waals surface area (Å²) in [5, 5.41) is 2.59. The minimum Gasteiger partial charge on any atom is -0.497 e. The largest absolute Gasteiger partial charge is 0.497 e. The van der Waals surface area contributed by atoms with Crippen LogP contribution in [0.2, 0.25) is 0 Å². The van der Waals surface area contributed by atoms with E-state index in [2.05, 4.69) is 14.7 Å². The van der Waals surface area contributed by atoms with Gasteiger partial charge in [0.1, 0.15) is 16.9 Å². The van der Waals surface area contributed by atoms with E-state index < -0.39 is 15.2 Å². The molecular weight excluding hydrogens is 420 g/mol. The van der Waals surface area contributed by atoms with Crippen LogP contribution in [0.5, 0.6) is 5.75 Å². The normalized spacial score (nSPS) is 13.6. The Balaban J connectivity index is 1.81. The predicted molar refractivity (Wildman–Crippen MR) is 120 cm³/mol. The molecular formula is C21H26N4O3S2. The Morgan fingerprint density at radius 2 is 1.87 bits per heavy atom. The lowest BCUT2D eigenvalue weighted by Crippen LogP contribution is -2.35. The second kappa shape index (κ2) is 9.55. The summed E-state index contributed by atoms with van der Waals surface area (Å²) in [6.07, 6.45) is 0.828. The molecule has 0 aliphatic carbocycles. The minimum absolute atomic E-state index is 0.200. The summed E-state index contributed by atoms with van der Waals surface area (Å²) >= 11 is 1.15. The molecule has 0 amide bonds. The third-order valence-electron chi connectivity index (χ3n) is 4.71. The van der Waals surface area contributed by atoms with Crippen molar-refractivity contribution in [2.45, 2.75) is 43.0 Å². The van der Waals surface area contributed by atoms with Crippen LogP contribution in [-0.4, -0.2) is 36.3 Å². The number of rotatable bonds is 9. The molecule has 0 saturated carbocycles. The van der Waals surface area contributed by atoms with Gasteiger partial charge in [-0.25, -0.2) is 13.4 Å². The summed E-state index contributed by atoms with van der Waals surface area (Å²) in [5.41, 5.74) is 8.24. The maximum absolute atomic E-state index is 13.2. The van der Waals surface area contributed by atoms with Crippen LogP contribution in [0.1, 0.15) is 30.3 Å².